The summed E-state index contributed by atoms with van der Waals surface area (Å²) in [5.74, 6) is -2.49. The van der Waals surface area contributed by atoms with Crippen molar-refractivity contribution in [3.63, 3.8) is 0 Å². The Kier molecular flexibility index (Phi) is 4.91. The Morgan fingerprint density at radius 3 is 2.43 bits per heavy atom. The van der Waals surface area contributed by atoms with Crippen LogP contribution in [0.15, 0.2) is 71.7 Å². The van der Waals surface area contributed by atoms with Crippen LogP contribution in [0.5, 0.6) is 0 Å². The quantitative estimate of drug-likeness (QED) is 0.347. The van der Waals surface area contributed by atoms with Crippen LogP contribution in [0.1, 0.15) is 0 Å². The number of nitrogens with zero attached hydrogens (tertiary/aromatic N) is 2. The zero-order valence-corrected chi connectivity index (χ0v) is 16.7. The van der Waals surface area contributed by atoms with Crippen LogP contribution >= 0.6 is 22.6 Å². The highest BCUT2D eigenvalue weighted by atomic mass is 127. The number of hydrogen-bond acceptors (Lipinski definition) is 4. The maximum Gasteiger partial charge on any atom is 0.335 e. The fraction of sp³-hybridized carbons (Fsp3) is 0.0476. The van der Waals surface area contributed by atoms with Gasteiger partial charge in [-0.2, -0.15) is 0 Å². The molecule has 0 aliphatic carbocycles. The molecule has 4 amide bonds. The van der Waals surface area contributed by atoms with Gasteiger partial charge in [-0.3, -0.25) is 19.9 Å². The van der Waals surface area contributed by atoms with Crippen molar-refractivity contribution < 1.29 is 14.4 Å². The Labute approximate surface area is 174 Å². The minimum absolute atomic E-state index is 0.402. The van der Waals surface area contributed by atoms with Crippen LogP contribution in [0.25, 0.3) is 10.8 Å². The molecule has 138 valence electrons. The molecular formula is C21H14IN3O3. The van der Waals surface area contributed by atoms with Crippen molar-refractivity contribution in [1.29, 1.82) is 0 Å². The molecule has 3 aromatic rings. The van der Waals surface area contributed by atoms with E-state index in [-0.39, 0.29) is 0 Å². The van der Waals surface area contributed by atoms with E-state index in [9.17, 15) is 14.4 Å². The fourth-order valence-corrected chi connectivity index (χ4v) is 3.39. The highest BCUT2D eigenvalue weighted by Crippen LogP contribution is 2.26. The highest BCUT2D eigenvalue weighted by molar-refractivity contribution is 14.1. The number of carbonyl (C=O) groups excluding carboxylic acids is 3. The molecule has 1 fully saturated rings. The van der Waals surface area contributed by atoms with E-state index in [1.165, 1.54) is 6.21 Å². The Morgan fingerprint density at radius 1 is 0.929 bits per heavy atom. The Balaban J connectivity index is 1.67. The smallest absolute Gasteiger partial charge is 0.276 e. The number of barbiturate groups is 1. The van der Waals surface area contributed by atoms with Gasteiger partial charge >= 0.3 is 6.03 Å². The summed E-state index contributed by atoms with van der Waals surface area (Å²) < 4.78 is 0.969. The number of aliphatic imine (C=N–C) groups is 1. The average Bonchev–Trinajstić information content (AvgIpc) is 2.69. The lowest BCUT2D eigenvalue weighted by molar-refractivity contribution is -0.131. The number of halogens is 1. The minimum Gasteiger partial charge on any atom is -0.276 e. The zero-order valence-electron chi connectivity index (χ0n) is 14.5. The number of urea groups is 1. The summed E-state index contributed by atoms with van der Waals surface area (Å²) in [7, 11) is 0. The Hall–Kier alpha value is -3.07. The summed E-state index contributed by atoms with van der Waals surface area (Å²) in [4.78, 5) is 42.7. The molecule has 1 aliphatic rings. The van der Waals surface area contributed by atoms with Crippen molar-refractivity contribution in [2.45, 2.75) is 0 Å². The van der Waals surface area contributed by atoms with Crippen LogP contribution in [0.4, 0.5) is 16.2 Å². The molecule has 1 N–H and O–H groups in total. The molecule has 4 rings (SSSR count). The SMILES string of the molecule is O=C1NC(=O)N(c2ccc(I)cc2)C(=O)[C@@H]1C=Nc1cccc2ccccc12. The number of anilines is 1. The van der Waals surface area contributed by atoms with Gasteiger partial charge in [0.05, 0.1) is 11.4 Å². The summed E-state index contributed by atoms with van der Waals surface area (Å²) in [6, 6.07) is 19.5. The number of carbonyl (C=O) groups is 3. The predicted octanol–water partition coefficient (Wildman–Crippen LogP) is 4.05. The molecule has 0 bridgehead atoms. The summed E-state index contributed by atoms with van der Waals surface area (Å²) in [6.45, 7) is 0. The molecule has 0 saturated carbocycles. The van der Waals surface area contributed by atoms with E-state index in [0.29, 0.717) is 11.4 Å². The lowest BCUT2D eigenvalue weighted by atomic mass is 10.1. The number of nitrogens with one attached hydrogen (secondary N) is 1. The van der Waals surface area contributed by atoms with Gasteiger partial charge in [0.25, 0.3) is 5.91 Å². The first-order chi connectivity index (χ1) is 13.5. The second kappa shape index (κ2) is 7.51. The lowest BCUT2D eigenvalue weighted by Crippen LogP contribution is -2.58. The van der Waals surface area contributed by atoms with Crippen LogP contribution in [0.3, 0.4) is 0 Å². The number of amides is 4. The summed E-state index contributed by atoms with van der Waals surface area (Å²) in [5, 5.41) is 4.15. The highest BCUT2D eigenvalue weighted by Gasteiger charge is 2.40. The van der Waals surface area contributed by atoms with Crippen molar-refractivity contribution in [3.05, 3.63) is 70.3 Å². The molecule has 1 aliphatic heterocycles. The number of benzene rings is 3. The Bertz CT molecular complexity index is 1120. The normalized spacial score (nSPS) is 17.4. The largest absolute Gasteiger partial charge is 0.335 e. The van der Waals surface area contributed by atoms with Gasteiger partial charge in [0, 0.05) is 15.2 Å². The number of fused-ring (bicyclic) bond motifs is 1. The maximum atomic E-state index is 12.9. The predicted molar refractivity (Wildman–Crippen MR) is 116 cm³/mol. The van der Waals surface area contributed by atoms with E-state index in [0.717, 1.165) is 19.2 Å². The summed E-state index contributed by atoms with van der Waals surface area (Å²) in [5.41, 5.74) is 1.05. The molecule has 28 heavy (non-hydrogen) atoms. The molecular weight excluding hydrogens is 469 g/mol. The third-order valence-electron chi connectivity index (χ3n) is 4.42. The molecule has 0 spiro atoms. The van der Waals surface area contributed by atoms with E-state index in [1.807, 2.05) is 42.5 Å². The second-order valence-electron chi connectivity index (χ2n) is 6.20. The fourth-order valence-electron chi connectivity index (χ4n) is 3.03. The van der Waals surface area contributed by atoms with Crippen molar-refractivity contribution in [2.24, 2.45) is 10.9 Å². The number of hydrogen-bond donors (Lipinski definition) is 1. The third-order valence-corrected chi connectivity index (χ3v) is 5.14. The third kappa shape index (κ3) is 3.40. The topological polar surface area (TPSA) is 78.8 Å². The van der Waals surface area contributed by atoms with E-state index < -0.39 is 23.8 Å². The second-order valence-corrected chi connectivity index (χ2v) is 7.44. The van der Waals surface area contributed by atoms with E-state index in [2.05, 4.69) is 32.9 Å². The van der Waals surface area contributed by atoms with Gasteiger partial charge in [-0.15, -0.1) is 0 Å². The molecule has 6 nitrogen and oxygen atoms in total. The zero-order chi connectivity index (χ0) is 19.7. The van der Waals surface area contributed by atoms with E-state index in [1.54, 1.807) is 24.3 Å². The van der Waals surface area contributed by atoms with Crippen LogP contribution in [-0.4, -0.2) is 24.1 Å². The van der Waals surface area contributed by atoms with Crippen LogP contribution in [0, 0.1) is 9.49 Å². The molecule has 0 unspecified atom stereocenters. The molecule has 0 aromatic heterocycles. The van der Waals surface area contributed by atoms with Crippen molar-refractivity contribution >= 4 is 68.8 Å². The average molecular weight is 483 g/mol. The number of imide groups is 2. The Morgan fingerprint density at radius 2 is 1.64 bits per heavy atom. The first-order valence-electron chi connectivity index (χ1n) is 8.51. The van der Waals surface area contributed by atoms with Crippen molar-refractivity contribution in [1.82, 2.24) is 5.32 Å². The van der Waals surface area contributed by atoms with Crippen molar-refractivity contribution in [2.75, 3.05) is 4.90 Å². The molecule has 0 radical (unpaired) electrons. The molecule has 3 aromatic carbocycles. The van der Waals surface area contributed by atoms with Gasteiger partial charge in [0.15, 0.2) is 5.92 Å². The first-order valence-corrected chi connectivity index (χ1v) is 9.59. The van der Waals surface area contributed by atoms with E-state index in [4.69, 9.17) is 0 Å². The van der Waals surface area contributed by atoms with Gasteiger partial charge in [-0.1, -0.05) is 36.4 Å². The minimum atomic E-state index is -1.18. The first kappa shape index (κ1) is 18.3. The molecule has 1 atom stereocenters. The van der Waals surface area contributed by atoms with Crippen molar-refractivity contribution in [3.8, 4) is 0 Å². The summed E-state index contributed by atoms with van der Waals surface area (Å²) in [6.07, 6.45) is 1.30. The van der Waals surface area contributed by atoms with E-state index >= 15 is 0 Å². The summed E-state index contributed by atoms with van der Waals surface area (Å²) >= 11 is 2.13. The number of rotatable bonds is 3. The van der Waals surface area contributed by atoms with Gasteiger partial charge < -0.3 is 0 Å². The monoisotopic (exact) mass is 483 g/mol. The molecule has 1 saturated heterocycles. The van der Waals surface area contributed by atoms with Gasteiger partial charge in [-0.05, 0) is 58.3 Å². The maximum absolute atomic E-state index is 12.9. The van der Waals surface area contributed by atoms with Crippen LogP contribution in [0.2, 0.25) is 0 Å². The molecule has 1 heterocycles. The van der Waals surface area contributed by atoms with Crippen LogP contribution in [-0.2, 0) is 9.59 Å². The van der Waals surface area contributed by atoms with Gasteiger partial charge in [-0.25, -0.2) is 9.69 Å². The van der Waals surface area contributed by atoms with Gasteiger partial charge in [0.2, 0.25) is 5.91 Å². The van der Waals surface area contributed by atoms with Gasteiger partial charge in [0.1, 0.15) is 0 Å². The molecule has 7 heteroatoms. The standard InChI is InChI=1S/C21H14IN3O3/c22-14-8-10-15(11-9-14)25-20(27)17(19(26)24-21(25)28)12-23-18-7-3-5-13-4-1-2-6-16(13)18/h1-12,17H,(H,24,26,28)/t17-/m1/s1. The lowest BCUT2D eigenvalue weighted by Gasteiger charge is -2.28. The van der Waals surface area contributed by atoms with Crippen LogP contribution < -0.4 is 10.2 Å².